The summed E-state index contributed by atoms with van der Waals surface area (Å²) in [7, 11) is -3.90. The van der Waals surface area contributed by atoms with Gasteiger partial charge in [-0.1, -0.05) is 42.1 Å². The van der Waals surface area contributed by atoms with Gasteiger partial charge in [0.25, 0.3) is 0 Å². The van der Waals surface area contributed by atoms with Gasteiger partial charge in [-0.25, -0.2) is 23.4 Å². The van der Waals surface area contributed by atoms with Gasteiger partial charge in [0.1, 0.15) is 6.07 Å². The number of halogens is 3. The van der Waals surface area contributed by atoms with E-state index in [1.54, 1.807) is 12.3 Å². The van der Waals surface area contributed by atoms with Gasteiger partial charge in [-0.15, -0.1) is 23.1 Å². The van der Waals surface area contributed by atoms with E-state index in [2.05, 4.69) is 21.0 Å². The molecule has 4 rings (SSSR count). The number of thiophene rings is 1. The average Bonchev–Trinajstić information content (AvgIpc) is 3.28. The smallest absolute Gasteiger partial charge is 0.244 e. The SMILES string of the molecule is CSc1sc(-c2ccnc(SCCS(=O)(=O)c3ccc(C(F)(F)F)cn3)n2)c(-c2ccccc2)c1C#N. The van der Waals surface area contributed by atoms with E-state index in [9.17, 15) is 26.9 Å². The predicted octanol–water partition coefficient (Wildman–Crippen LogP) is 6.45. The summed E-state index contributed by atoms with van der Waals surface area (Å²) in [6.07, 6.45) is -0.619. The number of pyridine rings is 1. The molecule has 37 heavy (non-hydrogen) atoms. The zero-order valence-electron chi connectivity index (χ0n) is 19.1. The molecule has 3 heterocycles. The van der Waals surface area contributed by atoms with Crippen LogP contribution in [0.2, 0.25) is 0 Å². The van der Waals surface area contributed by atoms with E-state index in [1.165, 1.54) is 23.1 Å². The van der Waals surface area contributed by atoms with Crippen LogP contribution in [-0.2, 0) is 16.0 Å². The Morgan fingerprint density at radius 1 is 1.08 bits per heavy atom. The Bertz CT molecular complexity index is 1550. The molecule has 6 nitrogen and oxygen atoms in total. The molecule has 13 heteroatoms. The fraction of sp³-hybridized carbons (Fsp3) is 0.167. The molecule has 0 aliphatic heterocycles. The molecular formula is C24H17F3N4O2S4. The first-order valence-electron chi connectivity index (χ1n) is 10.5. The lowest BCUT2D eigenvalue weighted by Crippen LogP contribution is -2.12. The zero-order chi connectivity index (χ0) is 26.6. The number of thioether (sulfide) groups is 2. The van der Waals surface area contributed by atoms with E-state index in [-0.39, 0.29) is 11.5 Å². The Hall–Kier alpha value is -2.92. The van der Waals surface area contributed by atoms with Gasteiger partial charge in [0.15, 0.2) is 20.0 Å². The molecule has 0 amide bonds. The molecule has 4 aromatic rings. The number of alkyl halides is 3. The molecule has 0 aliphatic rings. The molecule has 0 fully saturated rings. The molecule has 0 saturated heterocycles. The minimum atomic E-state index is -4.60. The lowest BCUT2D eigenvalue weighted by Gasteiger charge is -2.08. The van der Waals surface area contributed by atoms with Crippen LogP contribution in [0.15, 0.2) is 75.3 Å². The maximum Gasteiger partial charge on any atom is 0.417 e. The standard InChI is InChI=1S/C24H17F3N4O2S4/c1-34-22-17(13-28)20(15-5-3-2-4-6-15)21(36-22)18-9-10-29-23(31-18)35-11-12-37(32,33)19-8-7-16(14-30-19)24(25,26)27/h2-10,14H,11-12H2,1H3. The topological polar surface area (TPSA) is 96.6 Å². The summed E-state index contributed by atoms with van der Waals surface area (Å²) >= 11 is 4.04. The molecular weight excluding hydrogens is 562 g/mol. The number of nitriles is 1. The Morgan fingerprint density at radius 3 is 2.46 bits per heavy atom. The van der Waals surface area contributed by atoms with Crippen molar-refractivity contribution in [3.8, 4) is 27.8 Å². The van der Waals surface area contributed by atoms with Crippen LogP contribution in [0.3, 0.4) is 0 Å². The first kappa shape index (κ1) is 27.1. The first-order chi connectivity index (χ1) is 17.6. The molecule has 0 atom stereocenters. The Labute approximate surface area is 223 Å². The average molecular weight is 579 g/mol. The number of rotatable bonds is 8. The highest BCUT2D eigenvalue weighted by Crippen LogP contribution is 2.45. The van der Waals surface area contributed by atoms with Crippen LogP contribution in [0.5, 0.6) is 0 Å². The molecule has 0 N–H and O–H groups in total. The number of hydrogen-bond donors (Lipinski definition) is 0. The second-order valence-electron chi connectivity index (χ2n) is 7.43. The van der Waals surface area contributed by atoms with Crippen LogP contribution < -0.4 is 0 Å². The van der Waals surface area contributed by atoms with Crippen LogP contribution in [0, 0.1) is 11.3 Å². The number of nitrogens with zero attached hydrogens (tertiary/aromatic N) is 4. The number of hydrogen-bond acceptors (Lipinski definition) is 9. The largest absolute Gasteiger partial charge is 0.417 e. The quantitative estimate of drug-likeness (QED) is 0.174. The van der Waals surface area contributed by atoms with Crippen LogP contribution in [0.25, 0.3) is 21.7 Å². The summed E-state index contributed by atoms with van der Waals surface area (Å²) in [4.78, 5) is 13.1. The minimum absolute atomic E-state index is 0.0734. The summed E-state index contributed by atoms with van der Waals surface area (Å²) in [6, 6.07) is 15.1. The van der Waals surface area contributed by atoms with E-state index in [0.717, 1.165) is 38.0 Å². The zero-order valence-corrected chi connectivity index (χ0v) is 22.3. The molecule has 0 aliphatic carbocycles. The van der Waals surface area contributed by atoms with Crippen LogP contribution in [-0.4, -0.2) is 41.1 Å². The molecule has 3 aromatic heterocycles. The van der Waals surface area contributed by atoms with Gasteiger partial charge in [0.2, 0.25) is 0 Å². The predicted molar refractivity (Wildman–Crippen MR) is 139 cm³/mol. The van der Waals surface area contributed by atoms with Gasteiger partial charge in [-0.2, -0.15) is 18.4 Å². The molecule has 0 spiro atoms. The highest BCUT2D eigenvalue weighted by molar-refractivity contribution is 8.00. The third kappa shape index (κ3) is 6.15. The van der Waals surface area contributed by atoms with Gasteiger partial charge < -0.3 is 0 Å². The van der Waals surface area contributed by atoms with E-state index >= 15 is 0 Å². The maximum atomic E-state index is 12.7. The fourth-order valence-electron chi connectivity index (χ4n) is 3.33. The normalized spacial score (nSPS) is 11.9. The molecule has 0 radical (unpaired) electrons. The van der Waals surface area contributed by atoms with Crippen molar-refractivity contribution in [1.29, 1.82) is 5.26 Å². The van der Waals surface area contributed by atoms with Crippen molar-refractivity contribution >= 4 is 44.7 Å². The molecule has 0 unspecified atom stereocenters. The van der Waals surface area contributed by atoms with Crippen LogP contribution >= 0.6 is 34.9 Å². The highest BCUT2D eigenvalue weighted by atomic mass is 32.2. The van der Waals surface area contributed by atoms with Gasteiger partial charge in [0.05, 0.1) is 31.7 Å². The summed E-state index contributed by atoms with van der Waals surface area (Å²) in [5.41, 5.74) is 1.82. The van der Waals surface area contributed by atoms with Gasteiger partial charge in [-0.3, -0.25) is 0 Å². The van der Waals surface area contributed by atoms with Crippen LogP contribution in [0.1, 0.15) is 11.1 Å². The van der Waals surface area contributed by atoms with Gasteiger partial charge in [-0.05, 0) is 30.0 Å². The Morgan fingerprint density at radius 2 is 1.84 bits per heavy atom. The second kappa shape index (κ2) is 11.2. The van der Waals surface area contributed by atoms with E-state index in [4.69, 9.17) is 0 Å². The maximum absolute atomic E-state index is 12.7. The van der Waals surface area contributed by atoms with Crippen molar-refractivity contribution in [3.63, 3.8) is 0 Å². The lowest BCUT2D eigenvalue weighted by atomic mass is 10.0. The Kier molecular flexibility index (Phi) is 8.23. The van der Waals surface area contributed by atoms with E-state index in [1.807, 2.05) is 36.6 Å². The number of sulfone groups is 1. The van der Waals surface area contributed by atoms with E-state index in [0.29, 0.717) is 28.7 Å². The summed E-state index contributed by atoms with van der Waals surface area (Å²) in [5.74, 6) is -0.281. The van der Waals surface area contributed by atoms with Crippen molar-refractivity contribution in [1.82, 2.24) is 15.0 Å². The van der Waals surface area contributed by atoms with Crippen molar-refractivity contribution in [2.45, 2.75) is 20.6 Å². The number of aromatic nitrogens is 3. The van der Waals surface area contributed by atoms with Crippen molar-refractivity contribution < 1.29 is 21.6 Å². The monoisotopic (exact) mass is 578 g/mol. The summed E-state index contributed by atoms with van der Waals surface area (Å²) < 4.78 is 64.1. The third-order valence-electron chi connectivity index (χ3n) is 5.07. The molecule has 0 saturated carbocycles. The number of benzene rings is 1. The first-order valence-corrected chi connectivity index (χ1v) is 15.2. The van der Waals surface area contributed by atoms with Gasteiger partial charge >= 0.3 is 6.18 Å². The summed E-state index contributed by atoms with van der Waals surface area (Å²) in [6.45, 7) is 0. The molecule has 0 bridgehead atoms. The van der Waals surface area contributed by atoms with E-state index < -0.39 is 26.6 Å². The summed E-state index contributed by atoms with van der Waals surface area (Å²) in [5, 5.41) is 9.75. The van der Waals surface area contributed by atoms with Gasteiger partial charge in [0, 0.05) is 23.7 Å². The van der Waals surface area contributed by atoms with Crippen LogP contribution in [0.4, 0.5) is 13.2 Å². The van der Waals surface area contributed by atoms with Crippen molar-refractivity contribution in [2.24, 2.45) is 0 Å². The van der Waals surface area contributed by atoms with Crippen molar-refractivity contribution in [2.75, 3.05) is 17.8 Å². The second-order valence-corrected chi connectivity index (χ2v) is 12.6. The fourth-order valence-corrected chi connectivity index (χ4v) is 7.63. The highest BCUT2D eigenvalue weighted by Gasteiger charge is 2.31. The Balaban J connectivity index is 1.55. The molecule has 190 valence electrons. The third-order valence-corrected chi connectivity index (χ3v) is 10.1. The lowest BCUT2D eigenvalue weighted by molar-refractivity contribution is -0.137. The van der Waals surface area contributed by atoms with Crippen molar-refractivity contribution in [3.05, 3.63) is 72.1 Å². The minimum Gasteiger partial charge on any atom is -0.244 e. The molecule has 1 aromatic carbocycles.